The van der Waals surface area contributed by atoms with Gasteiger partial charge in [0.25, 0.3) is 11.8 Å². The summed E-state index contributed by atoms with van der Waals surface area (Å²) in [5.74, 6) is -0.239. The number of hydrogen-bond donors (Lipinski definition) is 3. The molecule has 1 fully saturated rings. The Morgan fingerprint density at radius 2 is 1.88 bits per heavy atom. The second-order valence-electron chi connectivity index (χ2n) is 6.56. The Bertz CT molecular complexity index is 614. The Balaban J connectivity index is 0.00000312. The fraction of sp³-hybridized carbons (Fsp3) is 0.556. The van der Waals surface area contributed by atoms with Crippen molar-refractivity contribution in [3.63, 3.8) is 0 Å². The third-order valence-corrected chi connectivity index (χ3v) is 4.36. The number of aryl methyl sites for hydroxylation is 1. The Kier molecular flexibility index (Phi) is 7.86. The minimum atomic E-state index is -0.785. The van der Waals surface area contributed by atoms with Gasteiger partial charge in [-0.2, -0.15) is 0 Å². The van der Waals surface area contributed by atoms with Gasteiger partial charge in [-0.25, -0.2) is 0 Å². The van der Waals surface area contributed by atoms with Crippen LogP contribution in [-0.2, 0) is 9.53 Å². The number of amides is 2. The fourth-order valence-electron chi connectivity index (χ4n) is 2.94. The van der Waals surface area contributed by atoms with Crippen LogP contribution in [0.2, 0.25) is 0 Å². The van der Waals surface area contributed by atoms with Gasteiger partial charge < -0.3 is 20.7 Å². The van der Waals surface area contributed by atoms with E-state index in [2.05, 4.69) is 16.0 Å². The van der Waals surface area contributed by atoms with E-state index in [0.29, 0.717) is 24.1 Å². The molecule has 1 aromatic carbocycles. The second kappa shape index (κ2) is 9.17. The molecule has 25 heavy (non-hydrogen) atoms. The average molecular weight is 370 g/mol. The highest BCUT2D eigenvalue weighted by Crippen LogP contribution is 2.25. The topological polar surface area (TPSA) is 79.5 Å². The summed E-state index contributed by atoms with van der Waals surface area (Å²) in [6.07, 6.45) is 1.28. The van der Waals surface area contributed by atoms with E-state index in [9.17, 15) is 9.59 Å². The van der Waals surface area contributed by atoms with Crippen LogP contribution in [0, 0.1) is 6.92 Å². The van der Waals surface area contributed by atoms with Crippen molar-refractivity contribution in [1.29, 1.82) is 0 Å². The Morgan fingerprint density at radius 3 is 2.40 bits per heavy atom. The highest BCUT2D eigenvalue weighted by molar-refractivity contribution is 5.99. The number of benzene rings is 1. The highest BCUT2D eigenvalue weighted by Gasteiger charge is 2.39. The Morgan fingerprint density at radius 1 is 1.24 bits per heavy atom. The average Bonchev–Trinajstić information content (AvgIpc) is 2.54. The van der Waals surface area contributed by atoms with E-state index >= 15 is 0 Å². The molecule has 2 amide bonds. The van der Waals surface area contributed by atoms with Crippen molar-refractivity contribution in [2.45, 2.75) is 45.3 Å². The molecule has 140 valence electrons. The predicted octanol–water partition coefficient (Wildman–Crippen LogP) is 2.26. The van der Waals surface area contributed by atoms with E-state index < -0.39 is 5.60 Å². The molecular weight excluding hydrogens is 342 g/mol. The van der Waals surface area contributed by atoms with Crippen molar-refractivity contribution >= 4 is 29.9 Å². The summed E-state index contributed by atoms with van der Waals surface area (Å²) in [5.41, 5.74) is 1.33. The molecule has 0 unspecified atom stereocenters. The maximum absolute atomic E-state index is 12.7. The van der Waals surface area contributed by atoms with Crippen LogP contribution in [0.15, 0.2) is 18.2 Å². The first-order valence-corrected chi connectivity index (χ1v) is 8.37. The molecule has 0 aliphatic carbocycles. The van der Waals surface area contributed by atoms with E-state index in [1.54, 1.807) is 19.2 Å². The third-order valence-electron chi connectivity index (χ3n) is 4.36. The van der Waals surface area contributed by atoms with Gasteiger partial charge in [0.2, 0.25) is 0 Å². The molecule has 0 atom stereocenters. The van der Waals surface area contributed by atoms with E-state index in [1.165, 1.54) is 0 Å². The third kappa shape index (κ3) is 5.17. The number of hydrogen-bond acceptors (Lipinski definition) is 4. The van der Waals surface area contributed by atoms with Gasteiger partial charge in [0.05, 0.1) is 0 Å². The lowest BCUT2D eigenvalue weighted by molar-refractivity contribution is -0.140. The Labute approximate surface area is 155 Å². The van der Waals surface area contributed by atoms with Crippen molar-refractivity contribution in [3.05, 3.63) is 29.3 Å². The molecule has 0 bridgehead atoms. The lowest BCUT2D eigenvalue weighted by atomic mass is 9.91. The summed E-state index contributed by atoms with van der Waals surface area (Å²) in [7, 11) is 1.58. The molecule has 6 nitrogen and oxygen atoms in total. The number of carbonyl (C=O) groups is 2. The van der Waals surface area contributed by atoms with E-state index in [0.717, 1.165) is 18.7 Å². The molecule has 2 rings (SSSR count). The molecule has 7 heteroatoms. The highest BCUT2D eigenvalue weighted by atomic mass is 35.5. The maximum Gasteiger partial charge on any atom is 0.256 e. The van der Waals surface area contributed by atoms with Crippen molar-refractivity contribution < 1.29 is 14.3 Å². The van der Waals surface area contributed by atoms with Gasteiger partial charge in [-0.1, -0.05) is 0 Å². The molecule has 0 radical (unpaired) electrons. The predicted molar refractivity (Wildman–Crippen MR) is 102 cm³/mol. The van der Waals surface area contributed by atoms with Gasteiger partial charge in [0.1, 0.15) is 5.60 Å². The SMILES string of the molecule is COC1(C(=O)Nc2ccc(C(=O)NC(C)C)c(C)c2)CCNCC1.Cl. The minimum Gasteiger partial charge on any atom is -0.368 e. The van der Waals surface area contributed by atoms with Gasteiger partial charge in [0, 0.05) is 24.4 Å². The molecule has 0 saturated carbocycles. The van der Waals surface area contributed by atoms with Gasteiger partial charge in [-0.3, -0.25) is 9.59 Å². The number of methoxy groups -OCH3 is 1. The van der Waals surface area contributed by atoms with Crippen molar-refractivity contribution in [3.8, 4) is 0 Å². The number of anilines is 1. The number of rotatable bonds is 5. The van der Waals surface area contributed by atoms with Crippen LogP contribution in [0.1, 0.15) is 42.6 Å². The summed E-state index contributed by atoms with van der Waals surface area (Å²) in [6.45, 7) is 7.22. The van der Waals surface area contributed by atoms with Crippen LogP contribution in [0.5, 0.6) is 0 Å². The number of halogens is 1. The molecule has 0 spiro atoms. The van der Waals surface area contributed by atoms with Crippen LogP contribution >= 0.6 is 12.4 Å². The zero-order valence-corrected chi connectivity index (χ0v) is 16.1. The summed E-state index contributed by atoms with van der Waals surface area (Å²) in [4.78, 5) is 24.8. The van der Waals surface area contributed by atoms with E-state index in [1.807, 2.05) is 26.8 Å². The summed E-state index contributed by atoms with van der Waals surface area (Å²) < 4.78 is 5.53. The second-order valence-corrected chi connectivity index (χ2v) is 6.56. The molecule has 1 aliphatic rings. The smallest absolute Gasteiger partial charge is 0.256 e. The van der Waals surface area contributed by atoms with Crippen LogP contribution in [-0.4, -0.2) is 43.7 Å². The summed E-state index contributed by atoms with van der Waals surface area (Å²) >= 11 is 0. The molecule has 1 heterocycles. The Hall–Kier alpha value is -1.63. The van der Waals surface area contributed by atoms with Crippen LogP contribution < -0.4 is 16.0 Å². The van der Waals surface area contributed by atoms with Crippen molar-refractivity contribution in [2.24, 2.45) is 0 Å². The van der Waals surface area contributed by atoms with Crippen LogP contribution in [0.4, 0.5) is 5.69 Å². The first-order chi connectivity index (χ1) is 11.4. The quantitative estimate of drug-likeness (QED) is 0.743. The largest absolute Gasteiger partial charge is 0.368 e. The molecular formula is C18H28ClN3O3. The minimum absolute atomic E-state index is 0. The van der Waals surface area contributed by atoms with Crippen molar-refractivity contribution in [1.82, 2.24) is 10.6 Å². The first-order valence-electron chi connectivity index (χ1n) is 8.37. The molecule has 1 saturated heterocycles. The first kappa shape index (κ1) is 21.4. The monoisotopic (exact) mass is 369 g/mol. The molecule has 3 N–H and O–H groups in total. The zero-order valence-electron chi connectivity index (χ0n) is 15.3. The van der Waals surface area contributed by atoms with Gasteiger partial charge in [-0.05, 0) is 70.5 Å². The fourth-order valence-corrected chi connectivity index (χ4v) is 2.94. The van der Waals surface area contributed by atoms with Gasteiger partial charge in [0.15, 0.2) is 0 Å². The molecule has 1 aliphatic heterocycles. The van der Waals surface area contributed by atoms with Crippen LogP contribution in [0.25, 0.3) is 0 Å². The van der Waals surface area contributed by atoms with Gasteiger partial charge in [-0.15, -0.1) is 12.4 Å². The van der Waals surface area contributed by atoms with Crippen LogP contribution in [0.3, 0.4) is 0 Å². The summed E-state index contributed by atoms with van der Waals surface area (Å²) in [5, 5.41) is 9.03. The molecule has 1 aromatic rings. The van der Waals surface area contributed by atoms with E-state index in [4.69, 9.17) is 4.74 Å². The van der Waals surface area contributed by atoms with Crippen molar-refractivity contribution in [2.75, 3.05) is 25.5 Å². The molecule has 0 aromatic heterocycles. The summed E-state index contributed by atoms with van der Waals surface area (Å²) in [6, 6.07) is 5.39. The number of carbonyl (C=O) groups excluding carboxylic acids is 2. The zero-order chi connectivity index (χ0) is 17.7. The number of ether oxygens (including phenoxy) is 1. The number of piperidine rings is 1. The standard InChI is InChI=1S/C18H27N3O3.ClH/c1-12(2)20-16(22)15-6-5-14(11-13(15)3)21-17(23)18(24-4)7-9-19-10-8-18;/h5-6,11-12,19H,7-10H2,1-4H3,(H,20,22)(H,21,23);1H. The van der Waals surface area contributed by atoms with Gasteiger partial charge >= 0.3 is 0 Å². The normalized spacial score (nSPS) is 16.0. The lowest BCUT2D eigenvalue weighted by Gasteiger charge is -2.34. The number of nitrogens with one attached hydrogen (secondary N) is 3. The van der Waals surface area contributed by atoms with E-state index in [-0.39, 0.29) is 30.3 Å². The lowest BCUT2D eigenvalue weighted by Crippen LogP contribution is -2.51. The maximum atomic E-state index is 12.7.